The predicted octanol–water partition coefficient (Wildman–Crippen LogP) is 6.54. The lowest BCUT2D eigenvalue weighted by atomic mass is 9.87. The Morgan fingerprint density at radius 1 is 0.912 bits per heavy atom. The highest BCUT2D eigenvalue weighted by Crippen LogP contribution is 2.46. The topological polar surface area (TPSA) is 55.3 Å². The van der Waals surface area contributed by atoms with Crippen molar-refractivity contribution < 1.29 is 22.2 Å². The van der Waals surface area contributed by atoms with E-state index in [1.807, 2.05) is 6.07 Å². The Hall–Kier alpha value is -3.39. The third-order valence-corrected chi connectivity index (χ3v) is 6.51. The SMILES string of the molecule is FC(F)(F)c1c(-c2onc3c2CCc2cc(CN4[CH]CCC4)ccc2-3)noc1-c1ccccc1. The summed E-state index contributed by atoms with van der Waals surface area (Å²) in [6.45, 7) is 4.17. The standard InChI is InChI=1S/C26H21F3N3O2/c27-26(28,29)21-23(31-33-24(21)17-6-2-1-3-7-17)25-20-11-9-18-14-16(15-32-12-4-5-13-32)8-10-19(18)22(20)30-34-25/h1-3,6-8,10,12,14H,4-5,9,11,13,15H2. The van der Waals surface area contributed by atoms with Crippen molar-refractivity contribution in [2.45, 2.75) is 38.4 Å². The minimum Gasteiger partial charge on any atom is -0.355 e. The molecule has 0 unspecified atom stereocenters. The van der Waals surface area contributed by atoms with E-state index in [0.29, 0.717) is 29.7 Å². The predicted molar refractivity (Wildman–Crippen MR) is 119 cm³/mol. The number of nitrogens with zero attached hydrogens (tertiary/aromatic N) is 3. The van der Waals surface area contributed by atoms with Crippen molar-refractivity contribution in [3.8, 4) is 34.0 Å². The first-order chi connectivity index (χ1) is 16.5. The maximum Gasteiger partial charge on any atom is 0.422 e. The Balaban J connectivity index is 1.39. The number of aryl methyl sites for hydroxylation is 1. The van der Waals surface area contributed by atoms with Crippen LogP contribution in [-0.4, -0.2) is 21.8 Å². The van der Waals surface area contributed by atoms with Gasteiger partial charge in [0.05, 0.1) is 0 Å². The maximum atomic E-state index is 14.1. The van der Waals surface area contributed by atoms with Gasteiger partial charge >= 0.3 is 6.18 Å². The zero-order valence-electron chi connectivity index (χ0n) is 18.2. The van der Waals surface area contributed by atoms with Crippen LogP contribution >= 0.6 is 0 Å². The summed E-state index contributed by atoms with van der Waals surface area (Å²) >= 11 is 0. The molecule has 0 amide bonds. The first-order valence-corrected chi connectivity index (χ1v) is 11.3. The molecule has 1 fully saturated rings. The molecule has 0 atom stereocenters. The molecule has 2 aliphatic rings. The molecule has 0 saturated carbocycles. The molecule has 2 aromatic heterocycles. The fraction of sp³-hybridized carbons (Fsp3) is 0.269. The summed E-state index contributed by atoms with van der Waals surface area (Å²) in [6, 6.07) is 14.4. The Labute approximate surface area is 194 Å². The molecule has 8 heteroatoms. The summed E-state index contributed by atoms with van der Waals surface area (Å²) in [5.41, 5.74) is 3.45. The van der Waals surface area contributed by atoms with Gasteiger partial charge in [0.15, 0.2) is 17.2 Å². The molecule has 0 N–H and O–H groups in total. The zero-order chi connectivity index (χ0) is 23.3. The molecule has 5 nitrogen and oxygen atoms in total. The van der Waals surface area contributed by atoms with Crippen LogP contribution in [0.2, 0.25) is 0 Å². The molecule has 3 heterocycles. The van der Waals surface area contributed by atoms with Crippen molar-refractivity contribution in [1.82, 2.24) is 15.2 Å². The largest absolute Gasteiger partial charge is 0.422 e. The van der Waals surface area contributed by atoms with Crippen LogP contribution in [0.3, 0.4) is 0 Å². The van der Waals surface area contributed by atoms with E-state index in [0.717, 1.165) is 30.6 Å². The van der Waals surface area contributed by atoms with Crippen LogP contribution in [-0.2, 0) is 25.6 Å². The number of alkyl halides is 3. The smallest absolute Gasteiger partial charge is 0.355 e. The molecular formula is C26H21F3N3O2. The van der Waals surface area contributed by atoms with Gasteiger partial charge < -0.3 is 9.05 Å². The lowest BCUT2D eigenvalue weighted by molar-refractivity contribution is -0.136. The fourth-order valence-corrected chi connectivity index (χ4v) is 4.91. The molecule has 1 radical (unpaired) electrons. The van der Waals surface area contributed by atoms with Crippen LogP contribution in [0.25, 0.3) is 34.0 Å². The Kier molecular flexibility index (Phi) is 5.06. The van der Waals surface area contributed by atoms with E-state index in [1.165, 1.54) is 12.0 Å². The van der Waals surface area contributed by atoms with Crippen molar-refractivity contribution in [2.24, 2.45) is 0 Å². The molecule has 173 valence electrons. The van der Waals surface area contributed by atoms with Crippen LogP contribution in [0, 0.1) is 6.54 Å². The van der Waals surface area contributed by atoms with Crippen LogP contribution in [0.15, 0.2) is 57.6 Å². The van der Waals surface area contributed by atoms with E-state index in [2.05, 4.69) is 33.9 Å². The Bertz CT molecular complexity index is 1340. The normalized spacial score (nSPS) is 16.0. The number of halogens is 3. The lowest BCUT2D eigenvalue weighted by Gasteiger charge is -2.19. The second-order valence-corrected chi connectivity index (χ2v) is 8.72. The van der Waals surface area contributed by atoms with Crippen molar-refractivity contribution >= 4 is 0 Å². The number of likely N-dealkylation sites (tertiary alicyclic amines) is 1. The minimum absolute atomic E-state index is 0.0228. The molecular weight excluding hydrogens is 443 g/mol. The van der Waals surface area contributed by atoms with Gasteiger partial charge in [0, 0.05) is 29.8 Å². The van der Waals surface area contributed by atoms with Crippen LogP contribution in [0.4, 0.5) is 13.2 Å². The number of hydrogen-bond acceptors (Lipinski definition) is 5. The third kappa shape index (κ3) is 3.62. The number of fused-ring (bicyclic) bond motifs is 3. The second-order valence-electron chi connectivity index (χ2n) is 8.72. The van der Waals surface area contributed by atoms with Gasteiger partial charge in [-0.15, -0.1) is 0 Å². The van der Waals surface area contributed by atoms with Crippen molar-refractivity contribution in [3.63, 3.8) is 0 Å². The highest BCUT2D eigenvalue weighted by Gasteiger charge is 2.43. The van der Waals surface area contributed by atoms with Crippen LogP contribution < -0.4 is 0 Å². The molecule has 0 spiro atoms. The maximum absolute atomic E-state index is 14.1. The lowest BCUT2D eigenvalue weighted by Crippen LogP contribution is -2.15. The van der Waals surface area contributed by atoms with E-state index in [1.54, 1.807) is 30.3 Å². The van der Waals surface area contributed by atoms with Gasteiger partial charge in [-0.05, 0) is 43.4 Å². The van der Waals surface area contributed by atoms with Crippen LogP contribution in [0.5, 0.6) is 0 Å². The summed E-state index contributed by atoms with van der Waals surface area (Å²) in [5.74, 6) is -0.303. The molecule has 2 aromatic carbocycles. The van der Waals surface area contributed by atoms with E-state index in [-0.39, 0.29) is 17.2 Å². The molecule has 4 aromatic rings. The van der Waals surface area contributed by atoms with Gasteiger partial charge in [-0.3, -0.25) is 4.90 Å². The monoisotopic (exact) mass is 464 g/mol. The van der Waals surface area contributed by atoms with Gasteiger partial charge in [-0.25, -0.2) is 0 Å². The van der Waals surface area contributed by atoms with E-state index >= 15 is 0 Å². The Morgan fingerprint density at radius 3 is 2.47 bits per heavy atom. The minimum atomic E-state index is -4.67. The average Bonchev–Trinajstić information content (AvgIpc) is 3.58. The van der Waals surface area contributed by atoms with Crippen molar-refractivity contribution in [2.75, 3.05) is 6.54 Å². The zero-order valence-corrected chi connectivity index (χ0v) is 18.2. The first kappa shape index (κ1) is 21.2. The summed E-state index contributed by atoms with van der Waals surface area (Å²) in [5, 5.41) is 7.97. The summed E-state index contributed by atoms with van der Waals surface area (Å²) in [4.78, 5) is 2.32. The summed E-state index contributed by atoms with van der Waals surface area (Å²) in [6.07, 6.45) is -1.16. The summed E-state index contributed by atoms with van der Waals surface area (Å²) < 4.78 is 53.1. The van der Waals surface area contributed by atoms with Gasteiger partial charge in [0.2, 0.25) is 0 Å². The molecule has 1 aliphatic heterocycles. The number of rotatable bonds is 4. The second kappa shape index (κ2) is 8.13. The Morgan fingerprint density at radius 2 is 1.71 bits per heavy atom. The molecule has 1 saturated heterocycles. The van der Waals surface area contributed by atoms with E-state index in [4.69, 9.17) is 9.05 Å². The molecule has 1 aliphatic carbocycles. The van der Waals surface area contributed by atoms with Gasteiger partial charge in [-0.2, -0.15) is 13.2 Å². The quantitative estimate of drug-likeness (QED) is 0.343. The van der Waals surface area contributed by atoms with Gasteiger partial charge in [0.1, 0.15) is 11.3 Å². The average molecular weight is 464 g/mol. The van der Waals surface area contributed by atoms with E-state index < -0.39 is 11.7 Å². The highest BCUT2D eigenvalue weighted by atomic mass is 19.4. The number of hydrogen-bond donors (Lipinski definition) is 0. The number of benzene rings is 2. The van der Waals surface area contributed by atoms with Crippen molar-refractivity contribution in [1.29, 1.82) is 0 Å². The van der Waals surface area contributed by atoms with Crippen molar-refractivity contribution in [3.05, 3.63) is 77.3 Å². The van der Waals surface area contributed by atoms with Gasteiger partial charge in [0.25, 0.3) is 0 Å². The molecule has 6 rings (SSSR count). The van der Waals surface area contributed by atoms with E-state index in [9.17, 15) is 13.2 Å². The molecule has 34 heavy (non-hydrogen) atoms. The third-order valence-electron chi connectivity index (χ3n) is 6.51. The summed E-state index contributed by atoms with van der Waals surface area (Å²) in [7, 11) is 0. The molecule has 0 bridgehead atoms. The first-order valence-electron chi connectivity index (χ1n) is 11.3. The number of aromatic nitrogens is 2. The van der Waals surface area contributed by atoms with Gasteiger partial charge in [-0.1, -0.05) is 58.8 Å². The highest BCUT2D eigenvalue weighted by molar-refractivity contribution is 5.79. The van der Waals surface area contributed by atoms with Crippen LogP contribution in [0.1, 0.15) is 35.1 Å². The fourth-order valence-electron chi connectivity index (χ4n) is 4.91.